The molecule has 0 aliphatic heterocycles. The third kappa shape index (κ3) is 3.33. The molecule has 0 radical (unpaired) electrons. The van der Waals surface area contributed by atoms with Gasteiger partial charge in [0.25, 0.3) is 0 Å². The Morgan fingerprint density at radius 3 is 2.76 bits per heavy atom. The highest BCUT2D eigenvalue weighted by Gasteiger charge is 2.08. The van der Waals surface area contributed by atoms with Gasteiger partial charge in [-0.2, -0.15) is 15.2 Å². The summed E-state index contributed by atoms with van der Waals surface area (Å²) in [5.41, 5.74) is 2.69. The van der Waals surface area contributed by atoms with Crippen molar-refractivity contribution in [2.75, 3.05) is 11.9 Å². The number of aromatic nitrogens is 6. The van der Waals surface area contributed by atoms with E-state index in [1.54, 1.807) is 29.5 Å². The van der Waals surface area contributed by atoms with Gasteiger partial charge in [-0.3, -0.25) is 4.68 Å². The minimum absolute atomic E-state index is 0.0439. The Labute approximate surface area is 143 Å². The predicted octanol–water partition coefficient (Wildman–Crippen LogP) is 1.81. The fourth-order valence-corrected chi connectivity index (χ4v) is 2.58. The highest BCUT2D eigenvalue weighted by molar-refractivity contribution is 5.75. The standard InChI is InChI=1S/C17H17N7O/c25-7-6-23-12-15(10-19-23)21-17-18-8-14-9-20-24(16(14)22-17)11-13-4-2-1-3-5-13/h1-5,8-10,12,25H,6-7,11H2,(H,18,21,22). The lowest BCUT2D eigenvalue weighted by molar-refractivity contribution is 0.269. The van der Waals surface area contributed by atoms with Crippen LogP contribution in [0.25, 0.3) is 11.0 Å². The average molecular weight is 335 g/mol. The van der Waals surface area contributed by atoms with E-state index < -0.39 is 0 Å². The highest BCUT2D eigenvalue weighted by Crippen LogP contribution is 2.17. The number of fused-ring (bicyclic) bond motifs is 1. The van der Waals surface area contributed by atoms with Gasteiger partial charge >= 0.3 is 0 Å². The minimum Gasteiger partial charge on any atom is -0.394 e. The van der Waals surface area contributed by atoms with Gasteiger partial charge in [-0.25, -0.2) is 9.67 Å². The molecule has 4 aromatic rings. The maximum atomic E-state index is 8.95. The number of rotatable bonds is 6. The molecule has 0 aliphatic carbocycles. The Kier molecular flexibility index (Phi) is 4.09. The number of benzene rings is 1. The largest absolute Gasteiger partial charge is 0.394 e. The van der Waals surface area contributed by atoms with Crippen LogP contribution in [-0.4, -0.2) is 41.2 Å². The molecule has 0 unspecified atom stereocenters. The molecule has 0 bridgehead atoms. The van der Waals surface area contributed by atoms with Crippen molar-refractivity contribution in [3.63, 3.8) is 0 Å². The summed E-state index contributed by atoms with van der Waals surface area (Å²) >= 11 is 0. The van der Waals surface area contributed by atoms with Crippen molar-refractivity contribution in [3.05, 3.63) is 60.7 Å². The molecule has 0 atom stereocenters. The number of nitrogens with zero attached hydrogens (tertiary/aromatic N) is 6. The van der Waals surface area contributed by atoms with Crippen molar-refractivity contribution in [1.29, 1.82) is 0 Å². The topological polar surface area (TPSA) is 93.7 Å². The molecule has 126 valence electrons. The molecule has 3 aromatic heterocycles. The Balaban J connectivity index is 1.59. The Morgan fingerprint density at radius 2 is 1.92 bits per heavy atom. The number of aliphatic hydroxyl groups is 1. The Hall–Kier alpha value is -3.26. The first-order chi connectivity index (χ1) is 12.3. The van der Waals surface area contributed by atoms with E-state index in [4.69, 9.17) is 5.11 Å². The zero-order chi connectivity index (χ0) is 17.1. The second-order valence-electron chi connectivity index (χ2n) is 5.60. The second kappa shape index (κ2) is 6.70. The number of hydrogen-bond donors (Lipinski definition) is 2. The maximum Gasteiger partial charge on any atom is 0.229 e. The van der Waals surface area contributed by atoms with Gasteiger partial charge in [-0.15, -0.1) is 0 Å². The summed E-state index contributed by atoms with van der Waals surface area (Å²) in [4.78, 5) is 8.89. The summed E-state index contributed by atoms with van der Waals surface area (Å²) in [5.74, 6) is 0.478. The first kappa shape index (κ1) is 15.3. The molecule has 8 heteroatoms. The summed E-state index contributed by atoms with van der Waals surface area (Å²) in [7, 11) is 0. The van der Waals surface area contributed by atoms with E-state index >= 15 is 0 Å². The van der Waals surface area contributed by atoms with E-state index in [1.807, 2.05) is 22.9 Å². The molecule has 0 saturated heterocycles. The highest BCUT2D eigenvalue weighted by atomic mass is 16.3. The van der Waals surface area contributed by atoms with Gasteiger partial charge in [-0.05, 0) is 5.56 Å². The molecule has 4 rings (SSSR count). The number of aliphatic hydroxyl groups excluding tert-OH is 1. The first-order valence-electron chi connectivity index (χ1n) is 7.94. The molecule has 0 saturated carbocycles. The molecule has 1 aromatic carbocycles. The third-order valence-corrected chi connectivity index (χ3v) is 3.77. The van der Waals surface area contributed by atoms with Crippen molar-refractivity contribution < 1.29 is 5.11 Å². The Bertz CT molecular complexity index is 977. The molecular formula is C17H17N7O. The third-order valence-electron chi connectivity index (χ3n) is 3.77. The van der Waals surface area contributed by atoms with Crippen LogP contribution in [0.4, 0.5) is 11.6 Å². The normalized spacial score (nSPS) is 11.1. The number of hydrogen-bond acceptors (Lipinski definition) is 6. The van der Waals surface area contributed by atoms with E-state index in [9.17, 15) is 0 Å². The molecule has 2 N–H and O–H groups in total. The molecule has 3 heterocycles. The quantitative estimate of drug-likeness (QED) is 0.558. The fraction of sp³-hybridized carbons (Fsp3) is 0.176. The SMILES string of the molecule is OCCn1cc(Nc2ncc3cnn(Cc4ccccc4)c3n2)cn1. The van der Waals surface area contributed by atoms with Crippen LogP contribution < -0.4 is 5.32 Å². The summed E-state index contributed by atoms with van der Waals surface area (Å²) in [6.07, 6.45) is 6.98. The van der Waals surface area contributed by atoms with Crippen molar-refractivity contribution in [3.8, 4) is 0 Å². The van der Waals surface area contributed by atoms with Crippen LogP contribution >= 0.6 is 0 Å². The zero-order valence-electron chi connectivity index (χ0n) is 13.4. The monoisotopic (exact) mass is 335 g/mol. The molecule has 8 nitrogen and oxygen atoms in total. The molecule has 25 heavy (non-hydrogen) atoms. The van der Waals surface area contributed by atoms with Crippen molar-refractivity contribution >= 4 is 22.7 Å². The van der Waals surface area contributed by atoms with Crippen LogP contribution in [0.3, 0.4) is 0 Å². The predicted molar refractivity (Wildman–Crippen MR) is 93.5 cm³/mol. The lowest BCUT2D eigenvalue weighted by Crippen LogP contribution is -2.04. The van der Waals surface area contributed by atoms with E-state index in [0.29, 0.717) is 19.0 Å². The first-order valence-corrected chi connectivity index (χ1v) is 7.94. The Morgan fingerprint density at radius 1 is 1.04 bits per heavy atom. The lowest BCUT2D eigenvalue weighted by Gasteiger charge is -2.05. The molecule has 0 aliphatic rings. The van der Waals surface area contributed by atoms with E-state index in [0.717, 1.165) is 22.3 Å². The van der Waals surface area contributed by atoms with Gasteiger partial charge in [0, 0.05) is 12.4 Å². The summed E-state index contributed by atoms with van der Waals surface area (Å²) in [6.45, 7) is 1.14. The fourth-order valence-electron chi connectivity index (χ4n) is 2.58. The van der Waals surface area contributed by atoms with Crippen LogP contribution in [0.15, 0.2) is 55.1 Å². The van der Waals surface area contributed by atoms with Gasteiger partial charge in [0.1, 0.15) is 0 Å². The van der Waals surface area contributed by atoms with Crippen LogP contribution in [0.2, 0.25) is 0 Å². The van der Waals surface area contributed by atoms with Crippen LogP contribution in [0.1, 0.15) is 5.56 Å². The van der Waals surface area contributed by atoms with E-state index in [1.165, 1.54) is 0 Å². The molecular weight excluding hydrogens is 318 g/mol. The number of nitrogens with one attached hydrogen (secondary N) is 1. The van der Waals surface area contributed by atoms with Gasteiger partial charge in [0.05, 0.1) is 43.2 Å². The van der Waals surface area contributed by atoms with Crippen LogP contribution in [0.5, 0.6) is 0 Å². The molecule has 0 fully saturated rings. The number of anilines is 2. The van der Waals surface area contributed by atoms with Crippen LogP contribution in [-0.2, 0) is 13.1 Å². The van der Waals surface area contributed by atoms with Gasteiger partial charge in [-0.1, -0.05) is 30.3 Å². The van der Waals surface area contributed by atoms with Crippen molar-refractivity contribution in [2.45, 2.75) is 13.1 Å². The smallest absolute Gasteiger partial charge is 0.229 e. The van der Waals surface area contributed by atoms with Crippen molar-refractivity contribution in [2.24, 2.45) is 0 Å². The van der Waals surface area contributed by atoms with E-state index in [2.05, 4.69) is 37.6 Å². The maximum absolute atomic E-state index is 8.95. The minimum atomic E-state index is 0.0439. The van der Waals surface area contributed by atoms with E-state index in [-0.39, 0.29) is 6.61 Å². The van der Waals surface area contributed by atoms with Gasteiger partial charge in [0.15, 0.2) is 5.65 Å². The summed E-state index contributed by atoms with van der Waals surface area (Å²) < 4.78 is 3.51. The summed E-state index contributed by atoms with van der Waals surface area (Å²) in [5, 5.41) is 21.5. The average Bonchev–Trinajstić information content (AvgIpc) is 3.24. The molecule has 0 spiro atoms. The van der Waals surface area contributed by atoms with Gasteiger partial charge < -0.3 is 10.4 Å². The molecule has 0 amide bonds. The lowest BCUT2D eigenvalue weighted by atomic mass is 10.2. The second-order valence-corrected chi connectivity index (χ2v) is 5.60. The van der Waals surface area contributed by atoms with Gasteiger partial charge in [0.2, 0.25) is 5.95 Å². The van der Waals surface area contributed by atoms with Crippen molar-refractivity contribution in [1.82, 2.24) is 29.5 Å². The zero-order valence-corrected chi connectivity index (χ0v) is 13.4. The van der Waals surface area contributed by atoms with Crippen LogP contribution in [0, 0.1) is 0 Å². The summed E-state index contributed by atoms with van der Waals surface area (Å²) in [6, 6.07) is 10.1.